The van der Waals surface area contributed by atoms with Crippen LogP contribution >= 0.6 is 0 Å². The van der Waals surface area contributed by atoms with Gasteiger partial charge < -0.3 is 29.8 Å². The molecule has 0 saturated carbocycles. The minimum Gasteiger partial charge on any atom is -1.00 e. The molecule has 0 radical (unpaired) electrons. The van der Waals surface area contributed by atoms with Gasteiger partial charge >= 0.3 is 21.7 Å². The fraction of sp³-hybridized carbons (Fsp3) is 0.357. The average Bonchev–Trinajstić information content (AvgIpc) is 2.86. The van der Waals surface area contributed by atoms with E-state index in [2.05, 4.69) is 57.2 Å². The monoisotopic (exact) mass is 347 g/mol. The van der Waals surface area contributed by atoms with Crippen molar-refractivity contribution < 1.29 is 46.5 Å². The Hall–Kier alpha value is 0.141. The predicted molar refractivity (Wildman–Crippen MR) is 73.3 cm³/mol. The van der Waals surface area contributed by atoms with Crippen molar-refractivity contribution in [1.29, 1.82) is 0 Å². The number of H-pyrrole nitrogens is 1. The van der Waals surface area contributed by atoms with Crippen LogP contribution in [0.4, 0.5) is 0 Å². The molecule has 0 bridgehead atoms. The van der Waals surface area contributed by atoms with E-state index in [-0.39, 0.29) is 54.9 Å². The number of aromatic nitrogens is 1. The SMILES string of the molecule is C[Si](C)=C1[C-]=CC=C1.Cc1[c-][nH]c(C)c1C.[Cl-].[Cl-].[Ti+4]. The fourth-order valence-electron chi connectivity index (χ4n) is 1.30. The van der Waals surface area contributed by atoms with Crippen molar-refractivity contribution in [3.8, 4) is 0 Å². The van der Waals surface area contributed by atoms with Crippen LogP contribution in [0.2, 0.25) is 13.1 Å². The van der Waals surface area contributed by atoms with Gasteiger partial charge in [0.15, 0.2) is 0 Å². The largest absolute Gasteiger partial charge is 4.00 e. The van der Waals surface area contributed by atoms with E-state index in [0.717, 1.165) is 0 Å². The molecule has 1 aliphatic carbocycles. The van der Waals surface area contributed by atoms with Crippen molar-refractivity contribution in [2.45, 2.75) is 33.9 Å². The van der Waals surface area contributed by atoms with Gasteiger partial charge in [0, 0.05) is 0 Å². The Labute approximate surface area is 145 Å². The van der Waals surface area contributed by atoms with Gasteiger partial charge in [-0.05, 0) is 8.41 Å². The Balaban J connectivity index is -0.000000233. The number of nitrogens with one attached hydrogen (secondary N) is 1. The summed E-state index contributed by atoms with van der Waals surface area (Å²) in [6.07, 6.45) is 12.4. The van der Waals surface area contributed by atoms with Crippen LogP contribution in [0.1, 0.15) is 16.8 Å². The van der Waals surface area contributed by atoms with E-state index in [1.165, 1.54) is 22.0 Å². The van der Waals surface area contributed by atoms with Gasteiger partial charge in [0.25, 0.3) is 0 Å². The predicted octanol–water partition coefficient (Wildman–Crippen LogP) is -2.83. The van der Waals surface area contributed by atoms with E-state index >= 15 is 0 Å². The molecule has 1 nitrogen and oxygen atoms in total. The van der Waals surface area contributed by atoms with Gasteiger partial charge in [0.2, 0.25) is 0 Å². The molecule has 1 aromatic heterocycles. The molecule has 1 aliphatic rings. The maximum absolute atomic E-state index is 3.18. The first-order chi connectivity index (χ1) is 7.52. The minimum atomic E-state index is -0.225. The standard InChI is InChI=1S/C7H10N.C7H9Si.2ClH.Ti/c1-5-4-8-7(3)6(5)2;1-8(2)7-5-3-4-6-7;;;/h8H,1-3H3;3-5H,1-2H3;2*1H;/q2*-1;;;+4/p-2. The maximum Gasteiger partial charge on any atom is 4.00 e. The molecule has 0 unspecified atom stereocenters. The minimum absolute atomic E-state index is 0. The Morgan fingerprint density at radius 3 is 1.84 bits per heavy atom. The molecule has 102 valence electrons. The molecule has 2 rings (SSSR count). The second-order valence-electron chi connectivity index (χ2n) is 4.21. The molecule has 1 heterocycles. The summed E-state index contributed by atoms with van der Waals surface area (Å²) in [6, 6.07) is 0. The Bertz CT molecular complexity index is 425. The van der Waals surface area contributed by atoms with Crippen molar-refractivity contribution in [1.82, 2.24) is 4.98 Å². The van der Waals surface area contributed by atoms with E-state index in [4.69, 9.17) is 0 Å². The van der Waals surface area contributed by atoms with Gasteiger partial charge in [-0.25, -0.2) is 12.2 Å². The van der Waals surface area contributed by atoms with E-state index < -0.39 is 0 Å². The molecule has 0 atom stereocenters. The first kappa shape index (κ1) is 24.2. The third-order valence-electron chi connectivity index (χ3n) is 2.70. The number of halogens is 2. The number of allylic oxidation sites excluding steroid dienone is 4. The van der Waals surface area contributed by atoms with Crippen molar-refractivity contribution >= 4 is 13.6 Å². The van der Waals surface area contributed by atoms with Crippen LogP contribution in [-0.4, -0.2) is 18.6 Å². The van der Waals surface area contributed by atoms with Crippen molar-refractivity contribution in [2.24, 2.45) is 0 Å². The summed E-state index contributed by atoms with van der Waals surface area (Å²) in [5, 5.41) is 1.41. The van der Waals surface area contributed by atoms with Crippen LogP contribution in [0.15, 0.2) is 18.2 Å². The molecule has 5 heteroatoms. The van der Waals surface area contributed by atoms with Gasteiger partial charge in [-0.15, -0.1) is 11.9 Å². The van der Waals surface area contributed by atoms with Crippen molar-refractivity contribution in [3.63, 3.8) is 0 Å². The van der Waals surface area contributed by atoms with Crippen LogP contribution in [-0.2, 0) is 21.7 Å². The summed E-state index contributed by atoms with van der Waals surface area (Å²) < 4.78 is 0. The summed E-state index contributed by atoms with van der Waals surface area (Å²) in [4.78, 5) is 3.01. The molecule has 1 aromatic rings. The van der Waals surface area contributed by atoms with Crippen LogP contribution in [0.25, 0.3) is 0 Å². The molecular formula is C14H19Cl2NSiTi. The van der Waals surface area contributed by atoms with Gasteiger partial charge in [-0.3, -0.25) is 0 Å². The molecular weight excluding hydrogens is 329 g/mol. The average molecular weight is 348 g/mol. The van der Waals surface area contributed by atoms with E-state index in [9.17, 15) is 0 Å². The fourth-order valence-corrected chi connectivity index (χ4v) is 2.10. The quantitative estimate of drug-likeness (QED) is 0.385. The summed E-state index contributed by atoms with van der Waals surface area (Å²) in [6.45, 7) is 10.8. The van der Waals surface area contributed by atoms with Crippen LogP contribution in [0.3, 0.4) is 0 Å². The van der Waals surface area contributed by atoms with Crippen molar-refractivity contribution in [3.05, 3.63) is 47.3 Å². The van der Waals surface area contributed by atoms with E-state index in [0.29, 0.717) is 0 Å². The Kier molecular flexibility index (Phi) is 15.2. The molecule has 0 fully saturated rings. The molecule has 0 saturated heterocycles. The molecule has 0 amide bonds. The zero-order chi connectivity index (χ0) is 12.1. The number of aryl methyl sites for hydroxylation is 2. The topological polar surface area (TPSA) is 15.8 Å². The second kappa shape index (κ2) is 11.9. The first-order valence-corrected chi connectivity index (χ1v) is 7.99. The molecule has 1 N–H and O–H groups in total. The van der Waals surface area contributed by atoms with Gasteiger partial charge in [-0.1, -0.05) is 33.9 Å². The molecule has 19 heavy (non-hydrogen) atoms. The summed E-state index contributed by atoms with van der Waals surface area (Å²) in [5.74, 6) is 0. The molecule has 0 aromatic carbocycles. The smallest absolute Gasteiger partial charge is 1.00 e. The second-order valence-corrected chi connectivity index (χ2v) is 6.75. The molecule has 0 spiro atoms. The number of rotatable bonds is 0. The zero-order valence-electron chi connectivity index (χ0n) is 12.0. The van der Waals surface area contributed by atoms with Gasteiger partial charge in [0.1, 0.15) is 0 Å². The summed E-state index contributed by atoms with van der Waals surface area (Å²) >= 11 is 0. The number of hydrogen-bond acceptors (Lipinski definition) is 0. The van der Waals surface area contributed by atoms with Crippen LogP contribution in [0.5, 0.6) is 0 Å². The van der Waals surface area contributed by atoms with E-state index in [1.54, 1.807) is 0 Å². The maximum atomic E-state index is 3.18. The van der Waals surface area contributed by atoms with Crippen LogP contribution in [0, 0.1) is 33.0 Å². The molecule has 0 aliphatic heterocycles. The number of hydrogen-bond donors (Lipinski definition) is 1. The van der Waals surface area contributed by atoms with Gasteiger partial charge in [-0.2, -0.15) is 28.4 Å². The number of aromatic amines is 1. The first-order valence-electron chi connectivity index (χ1n) is 5.49. The summed E-state index contributed by atoms with van der Waals surface area (Å²) in [7, 11) is -0.225. The van der Waals surface area contributed by atoms with Crippen LogP contribution < -0.4 is 24.8 Å². The normalized spacial score (nSPS) is 10.7. The Morgan fingerprint density at radius 1 is 1.11 bits per heavy atom. The van der Waals surface area contributed by atoms with E-state index in [1.807, 2.05) is 12.2 Å². The Morgan fingerprint density at radius 2 is 1.68 bits per heavy atom. The van der Waals surface area contributed by atoms with Crippen molar-refractivity contribution in [2.75, 3.05) is 0 Å². The third kappa shape index (κ3) is 8.11. The summed E-state index contributed by atoms with van der Waals surface area (Å²) in [5.41, 5.74) is 3.77. The van der Waals surface area contributed by atoms with Gasteiger partial charge in [0.05, 0.1) is 0 Å². The zero-order valence-corrected chi connectivity index (χ0v) is 16.1. The third-order valence-corrected chi connectivity index (χ3v) is 4.09.